The molecule has 0 saturated heterocycles. The second-order valence-corrected chi connectivity index (χ2v) is 6.83. The fourth-order valence-electron chi connectivity index (χ4n) is 0.713. The Hall–Kier alpha value is 0.220. The molecular weight excluding hydrogens is 236 g/mol. The SMILES string of the molecule is COCCC(N)(P(=O)(O)O)P(=O)(O)O. The molecule has 10 heteroatoms. The van der Waals surface area contributed by atoms with Gasteiger partial charge in [0, 0.05) is 20.1 Å². The fourth-order valence-corrected chi connectivity index (χ4v) is 2.84. The minimum absolute atomic E-state index is 0.257. The minimum atomic E-state index is -5.10. The maximum Gasteiger partial charge on any atom is 0.357 e. The molecule has 0 aromatic carbocycles. The van der Waals surface area contributed by atoms with E-state index in [0.29, 0.717) is 0 Å². The van der Waals surface area contributed by atoms with Gasteiger partial charge in [0.05, 0.1) is 0 Å². The van der Waals surface area contributed by atoms with Crippen molar-refractivity contribution in [2.75, 3.05) is 13.7 Å². The van der Waals surface area contributed by atoms with Gasteiger partial charge >= 0.3 is 15.2 Å². The first kappa shape index (κ1) is 14.2. The minimum Gasteiger partial charge on any atom is -0.385 e. The van der Waals surface area contributed by atoms with E-state index >= 15 is 0 Å². The molecule has 0 rings (SSSR count). The Morgan fingerprint density at radius 1 is 1.21 bits per heavy atom. The van der Waals surface area contributed by atoms with E-state index in [4.69, 9.17) is 25.3 Å². The number of rotatable bonds is 5. The number of methoxy groups -OCH3 is 1. The van der Waals surface area contributed by atoms with Gasteiger partial charge in [-0.2, -0.15) is 0 Å². The molecule has 0 radical (unpaired) electrons. The van der Waals surface area contributed by atoms with Crippen LogP contribution in [-0.2, 0) is 13.9 Å². The van der Waals surface area contributed by atoms with Crippen LogP contribution in [0.2, 0.25) is 0 Å². The molecule has 0 amide bonds. The molecule has 0 aromatic heterocycles. The van der Waals surface area contributed by atoms with Crippen molar-refractivity contribution in [1.82, 2.24) is 0 Å². The summed E-state index contributed by atoms with van der Waals surface area (Å²) in [5.41, 5.74) is 5.03. The first-order valence-corrected chi connectivity index (χ1v) is 6.68. The third-order valence-electron chi connectivity index (χ3n) is 1.68. The van der Waals surface area contributed by atoms with Crippen LogP contribution in [0.3, 0.4) is 0 Å². The molecule has 0 aliphatic heterocycles. The second-order valence-electron chi connectivity index (χ2n) is 2.71. The highest BCUT2D eigenvalue weighted by Gasteiger charge is 2.56. The predicted molar refractivity (Wildman–Crippen MR) is 47.5 cm³/mol. The second kappa shape index (κ2) is 4.38. The van der Waals surface area contributed by atoms with Gasteiger partial charge in [0.2, 0.25) is 5.02 Å². The van der Waals surface area contributed by atoms with Gasteiger partial charge in [-0.05, 0) is 0 Å². The zero-order valence-electron chi connectivity index (χ0n) is 7.40. The summed E-state index contributed by atoms with van der Waals surface area (Å²) in [4.78, 5) is 34.9. The van der Waals surface area contributed by atoms with E-state index in [2.05, 4.69) is 4.74 Å². The maximum atomic E-state index is 10.8. The summed E-state index contributed by atoms with van der Waals surface area (Å²) < 4.78 is 26.1. The van der Waals surface area contributed by atoms with Crippen LogP contribution < -0.4 is 5.73 Å². The maximum absolute atomic E-state index is 10.8. The first-order valence-electron chi connectivity index (χ1n) is 3.45. The topological polar surface area (TPSA) is 150 Å². The molecule has 0 aromatic rings. The van der Waals surface area contributed by atoms with Crippen LogP contribution in [-0.4, -0.2) is 38.3 Å². The summed E-state index contributed by atoms with van der Waals surface area (Å²) >= 11 is 0. The number of hydrogen-bond acceptors (Lipinski definition) is 4. The van der Waals surface area contributed by atoms with Gasteiger partial charge in [0.25, 0.3) is 0 Å². The molecule has 14 heavy (non-hydrogen) atoms. The van der Waals surface area contributed by atoms with Crippen molar-refractivity contribution in [3.05, 3.63) is 0 Å². The van der Waals surface area contributed by atoms with Gasteiger partial charge in [-0.15, -0.1) is 0 Å². The smallest absolute Gasteiger partial charge is 0.357 e. The lowest BCUT2D eigenvalue weighted by Crippen LogP contribution is -2.40. The summed E-state index contributed by atoms with van der Waals surface area (Å²) in [6.45, 7) is -0.257. The fraction of sp³-hybridized carbons (Fsp3) is 1.00. The average molecular weight is 249 g/mol. The van der Waals surface area contributed by atoms with Gasteiger partial charge in [-0.3, -0.25) is 9.13 Å². The van der Waals surface area contributed by atoms with Crippen molar-refractivity contribution in [3.8, 4) is 0 Å². The first-order chi connectivity index (χ1) is 6.06. The average Bonchev–Trinajstić information content (AvgIpc) is 1.95. The Labute approximate surface area is 80.4 Å². The molecule has 0 fully saturated rings. The molecule has 0 heterocycles. The Morgan fingerprint density at radius 2 is 1.57 bits per heavy atom. The van der Waals surface area contributed by atoms with Crippen LogP contribution in [0.4, 0.5) is 0 Å². The van der Waals surface area contributed by atoms with Gasteiger partial charge in [0.15, 0.2) is 0 Å². The molecule has 0 atom stereocenters. The number of ether oxygens (including phenoxy) is 1. The molecule has 0 saturated carbocycles. The zero-order valence-corrected chi connectivity index (χ0v) is 9.19. The Kier molecular flexibility index (Phi) is 4.45. The normalized spacial score (nSPS) is 14.4. The van der Waals surface area contributed by atoms with Gasteiger partial charge in [-0.25, -0.2) is 0 Å². The van der Waals surface area contributed by atoms with Crippen LogP contribution in [0.5, 0.6) is 0 Å². The van der Waals surface area contributed by atoms with Crippen molar-refractivity contribution in [1.29, 1.82) is 0 Å². The summed E-state index contributed by atoms with van der Waals surface area (Å²) in [5.74, 6) is 0. The van der Waals surface area contributed by atoms with Crippen LogP contribution in [0, 0.1) is 0 Å². The molecule has 86 valence electrons. The van der Waals surface area contributed by atoms with Crippen LogP contribution in [0.1, 0.15) is 6.42 Å². The van der Waals surface area contributed by atoms with Crippen molar-refractivity contribution in [3.63, 3.8) is 0 Å². The van der Waals surface area contributed by atoms with E-state index < -0.39 is 26.6 Å². The quantitative estimate of drug-likeness (QED) is 0.389. The molecule has 6 N–H and O–H groups in total. The molecule has 0 spiro atoms. The van der Waals surface area contributed by atoms with Crippen molar-refractivity contribution >= 4 is 15.2 Å². The summed E-state index contributed by atoms with van der Waals surface area (Å²) in [5, 5.41) is -2.87. The van der Waals surface area contributed by atoms with Crippen LogP contribution in [0.25, 0.3) is 0 Å². The number of nitrogens with two attached hydrogens (primary N) is 1. The van der Waals surface area contributed by atoms with E-state index in [0.717, 1.165) is 0 Å². The zero-order chi connectivity index (χ0) is 11.6. The lowest BCUT2D eigenvalue weighted by molar-refractivity contribution is 0.180. The molecular formula is C4H13NO7P2. The van der Waals surface area contributed by atoms with Crippen molar-refractivity contribution in [2.45, 2.75) is 11.4 Å². The standard InChI is InChI=1S/C4H13NO7P2/c1-12-3-2-4(5,13(6,7)8)14(9,10)11/h2-3,5H2,1H3,(H2,6,7,8)(H2,9,10,11). The highest BCUT2D eigenvalue weighted by Crippen LogP contribution is 2.67. The van der Waals surface area contributed by atoms with E-state index in [9.17, 15) is 9.13 Å². The summed E-state index contributed by atoms with van der Waals surface area (Å²) in [6, 6.07) is 0. The third kappa shape index (κ3) is 2.85. The summed E-state index contributed by atoms with van der Waals surface area (Å²) in [6.07, 6.45) is -0.627. The van der Waals surface area contributed by atoms with Crippen molar-refractivity contribution in [2.24, 2.45) is 5.73 Å². The van der Waals surface area contributed by atoms with Gasteiger partial charge in [-0.1, -0.05) is 0 Å². The van der Waals surface area contributed by atoms with Gasteiger partial charge < -0.3 is 30.0 Å². The largest absolute Gasteiger partial charge is 0.385 e. The molecule has 0 unspecified atom stereocenters. The van der Waals surface area contributed by atoms with Crippen LogP contribution >= 0.6 is 15.2 Å². The molecule has 0 aliphatic carbocycles. The third-order valence-corrected chi connectivity index (χ3v) is 5.71. The lowest BCUT2D eigenvalue weighted by atomic mass is 10.4. The number of hydrogen-bond donors (Lipinski definition) is 5. The predicted octanol–water partition coefficient (Wildman–Crippen LogP) is -1.01. The summed E-state index contributed by atoms with van der Waals surface area (Å²) in [7, 11) is -8.99. The molecule has 8 nitrogen and oxygen atoms in total. The monoisotopic (exact) mass is 249 g/mol. The molecule has 0 bridgehead atoms. The Balaban J connectivity index is 5.08. The Morgan fingerprint density at radius 3 is 1.79 bits per heavy atom. The van der Waals surface area contributed by atoms with Crippen molar-refractivity contribution < 1.29 is 33.4 Å². The lowest BCUT2D eigenvalue weighted by Gasteiger charge is -2.30. The van der Waals surface area contributed by atoms with E-state index in [-0.39, 0.29) is 6.61 Å². The van der Waals surface area contributed by atoms with E-state index in [1.165, 1.54) is 7.11 Å². The van der Waals surface area contributed by atoms with E-state index in [1.54, 1.807) is 0 Å². The van der Waals surface area contributed by atoms with Crippen LogP contribution in [0.15, 0.2) is 0 Å². The highest BCUT2D eigenvalue weighted by atomic mass is 31.2. The highest BCUT2D eigenvalue weighted by molar-refractivity contribution is 7.72. The molecule has 0 aliphatic rings. The van der Waals surface area contributed by atoms with E-state index in [1.807, 2.05) is 0 Å². The Bertz CT molecular complexity index is 257. The van der Waals surface area contributed by atoms with Gasteiger partial charge in [0.1, 0.15) is 0 Å².